The van der Waals surface area contributed by atoms with E-state index in [2.05, 4.69) is 10.1 Å². The SMILES string of the molecule is CN1CCCC1=O.Cn1ncc2ncc(-c3ccc(F)c(C(F)F)c3)cc21. The lowest BCUT2D eigenvalue weighted by Crippen LogP contribution is -2.17. The van der Waals surface area contributed by atoms with Crippen molar-refractivity contribution in [3.63, 3.8) is 0 Å². The van der Waals surface area contributed by atoms with Crippen molar-refractivity contribution in [2.24, 2.45) is 7.05 Å². The summed E-state index contributed by atoms with van der Waals surface area (Å²) in [5.74, 6) is -0.613. The number of rotatable bonds is 2. The summed E-state index contributed by atoms with van der Waals surface area (Å²) < 4.78 is 40.4. The highest BCUT2D eigenvalue weighted by Gasteiger charge is 2.15. The highest BCUT2D eigenvalue weighted by Crippen LogP contribution is 2.29. The van der Waals surface area contributed by atoms with Gasteiger partial charge in [-0.3, -0.25) is 14.5 Å². The predicted molar refractivity (Wildman–Crippen MR) is 95.7 cm³/mol. The van der Waals surface area contributed by atoms with E-state index in [4.69, 9.17) is 0 Å². The second kappa shape index (κ2) is 7.77. The Morgan fingerprint density at radius 3 is 2.48 bits per heavy atom. The first-order valence-electron chi connectivity index (χ1n) is 8.46. The van der Waals surface area contributed by atoms with Gasteiger partial charge in [-0.05, 0) is 30.2 Å². The van der Waals surface area contributed by atoms with Crippen molar-refractivity contribution in [1.82, 2.24) is 19.7 Å². The number of aromatic nitrogens is 3. The number of hydrogen-bond donors (Lipinski definition) is 0. The molecule has 0 N–H and O–H groups in total. The minimum absolute atomic E-state index is 0.292. The number of halogens is 3. The van der Waals surface area contributed by atoms with Crippen LogP contribution in [0.1, 0.15) is 24.8 Å². The van der Waals surface area contributed by atoms with Crippen LogP contribution in [0, 0.1) is 5.82 Å². The summed E-state index contributed by atoms with van der Waals surface area (Å²) in [6.07, 6.45) is 2.15. The van der Waals surface area contributed by atoms with Gasteiger partial charge in [-0.1, -0.05) is 6.07 Å². The van der Waals surface area contributed by atoms with Gasteiger partial charge >= 0.3 is 0 Å². The molecule has 2 aromatic heterocycles. The number of carbonyl (C=O) groups excluding carboxylic acids is 1. The molecule has 0 aliphatic carbocycles. The van der Waals surface area contributed by atoms with Crippen LogP contribution in [0.15, 0.2) is 36.7 Å². The number of likely N-dealkylation sites (tertiary alicyclic amines) is 1. The molecule has 3 aromatic rings. The number of alkyl halides is 2. The van der Waals surface area contributed by atoms with Crippen LogP contribution < -0.4 is 0 Å². The van der Waals surface area contributed by atoms with Crippen LogP contribution in [0.3, 0.4) is 0 Å². The van der Waals surface area contributed by atoms with Crippen LogP contribution in [-0.4, -0.2) is 39.2 Å². The molecular formula is C19H19F3N4O. The second-order valence-electron chi connectivity index (χ2n) is 6.35. The first kappa shape index (κ1) is 18.9. The van der Waals surface area contributed by atoms with E-state index in [1.54, 1.807) is 35.1 Å². The molecule has 0 atom stereocenters. The Morgan fingerprint density at radius 1 is 1.11 bits per heavy atom. The third kappa shape index (κ3) is 4.10. The van der Waals surface area contributed by atoms with Crippen LogP contribution in [-0.2, 0) is 11.8 Å². The predicted octanol–water partition coefficient (Wildman–Crippen LogP) is 3.95. The van der Waals surface area contributed by atoms with Gasteiger partial charge in [-0.15, -0.1) is 0 Å². The number of nitrogens with zero attached hydrogens (tertiary/aromatic N) is 4. The zero-order valence-electron chi connectivity index (χ0n) is 15.0. The van der Waals surface area contributed by atoms with Crippen molar-refractivity contribution >= 4 is 16.9 Å². The molecule has 1 fully saturated rings. The van der Waals surface area contributed by atoms with Crippen molar-refractivity contribution in [3.8, 4) is 11.1 Å². The summed E-state index contributed by atoms with van der Waals surface area (Å²) in [5, 5.41) is 4.06. The van der Waals surface area contributed by atoms with E-state index in [1.807, 2.05) is 7.05 Å². The minimum atomic E-state index is -2.84. The average molecular weight is 376 g/mol. The van der Waals surface area contributed by atoms with Crippen LogP contribution in [0.2, 0.25) is 0 Å². The van der Waals surface area contributed by atoms with Gasteiger partial charge in [0.1, 0.15) is 11.3 Å². The van der Waals surface area contributed by atoms with E-state index < -0.39 is 17.8 Å². The van der Waals surface area contributed by atoms with Crippen molar-refractivity contribution in [2.75, 3.05) is 13.6 Å². The molecule has 1 aliphatic rings. The van der Waals surface area contributed by atoms with E-state index >= 15 is 0 Å². The summed E-state index contributed by atoms with van der Waals surface area (Å²) in [6.45, 7) is 0.957. The summed E-state index contributed by atoms with van der Waals surface area (Å²) in [7, 11) is 3.61. The normalized spacial score (nSPS) is 14.0. The second-order valence-corrected chi connectivity index (χ2v) is 6.35. The molecule has 4 rings (SSSR count). The molecule has 27 heavy (non-hydrogen) atoms. The molecule has 0 bridgehead atoms. The Morgan fingerprint density at radius 2 is 1.89 bits per heavy atom. The number of pyridine rings is 1. The van der Waals surface area contributed by atoms with Gasteiger partial charge in [0, 0.05) is 38.8 Å². The Balaban J connectivity index is 0.000000253. The molecule has 1 saturated heterocycles. The third-order valence-electron chi connectivity index (χ3n) is 4.47. The molecule has 0 saturated carbocycles. The molecule has 8 heteroatoms. The fourth-order valence-corrected chi connectivity index (χ4v) is 2.86. The molecule has 142 valence electrons. The Hall–Kier alpha value is -2.90. The first-order chi connectivity index (χ1) is 12.9. The van der Waals surface area contributed by atoms with Gasteiger partial charge in [0.25, 0.3) is 6.43 Å². The van der Waals surface area contributed by atoms with Crippen LogP contribution in [0.25, 0.3) is 22.2 Å². The molecule has 0 radical (unpaired) electrons. The maximum absolute atomic E-state index is 13.3. The lowest BCUT2D eigenvalue weighted by Gasteiger charge is -2.06. The summed E-state index contributed by atoms with van der Waals surface area (Å²) in [5.41, 5.74) is 2.03. The largest absolute Gasteiger partial charge is 0.346 e. The Bertz CT molecular complexity index is 971. The maximum Gasteiger partial charge on any atom is 0.266 e. The molecular weight excluding hydrogens is 357 g/mol. The molecule has 5 nitrogen and oxygen atoms in total. The fraction of sp³-hybridized carbons (Fsp3) is 0.316. The smallest absolute Gasteiger partial charge is 0.266 e. The standard InChI is InChI=1S/C14H10F3N3.C5H9NO/c1-20-13-5-9(6-18-12(13)7-19-20)8-2-3-11(15)10(4-8)14(16)17;1-6-4-2-3-5(6)7/h2-7,14H,1H3;2-4H2,1H3. The van der Waals surface area contributed by atoms with E-state index in [9.17, 15) is 18.0 Å². The Labute approximate surface area is 154 Å². The van der Waals surface area contributed by atoms with Gasteiger partial charge in [0.2, 0.25) is 5.91 Å². The van der Waals surface area contributed by atoms with Crippen LogP contribution in [0.5, 0.6) is 0 Å². The topological polar surface area (TPSA) is 51.0 Å². The molecule has 0 unspecified atom stereocenters. The maximum atomic E-state index is 13.3. The monoisotopic (exact) mass is 376 g/mol. The van der Waals surface area contributed by atoms with Crippen molar-refractivity contribution in [2.45, 2.75) is 19.3 Å². The summed E-state index contributed by atoms with van der Waals surface area (Å²) in [4.78, 5) is 16.5. The Kier molecular flexibility index (Phi) is 5.43. The highest BCUT2D eigenvalue weighted by atomic mass is 19.3. The molecule has 3 heterocycles. The van der Waals surface area contributed by atoms with Crippen molar-refractivity contribution < 1.29 is 18.0 Å². The zero-order chi connectivity index (χ0) is 19.6. The highest BCUT2D eigenvalue weighted by molar-refractivity contribution is 5.80. The van der Waals surface area contributed by atoms with E-state index in [-0.39, 0.29) is 0 Å². The third-order valence-corrected chi connectivity index (χ3v) is 4.47. The average Bonchev–Trinajstić information content (AvgIpc) is 3.21. The molecule has 1 amide bonds. The number of hydrogen-bond acceptors (Lipinski definition) is 3. The molecule has 1 aliphatic heterocycles. The number of carbonyl (C=O) groups is 1. The number of benzene rings is 1. The van der Waals surface area contributed by atoms with Crippen molar-refractivity contribution in [3.05, 3.63) is 48.0 Å². The first-order valence-corrected chi connectivity index (χ1v) is 8.46. The summed E-state index contributed by atoms with van der Waals surface area (Å²) in [6, 6.07) is 5.45. The van der Waals surface area contributed by atoms with E-state index in [0.29, 0.717) is 22.6 Å². The lowest BCUT2D eigenvalue weighted by molar-refractivity contribution is -0.126. The zero-order valence-corrected chi connectivity index (χ0v) is 15.0. The lowest BCUT2D eigenvalue weighted by atomic mass is 10.0. The van der Waals surface area contributed by atoms with E-state index in [0.717, 1.165) is 37.0 Å². The fourth-order valence-electron chi connectivity index (χ4n) is 2.86. The van der Waals surface area contributed by atoms with E-state index in [1.165, 1.54) is 6.07 Å². The summed E-state index contributed by atoms with van der Waals surface area (Å²) >= 11 is 0. The van der Waals surface area contributed by atoms with Crippen LogP contribution >= 0.6 is 0 Å². The molecule has 1 aromatic carbocycles. The van der Waals surface area contributed by atoms with Gasteiger partial charge < -0.3 is 4.90 Å². The van der Waals surface area contributed by atoms with Gasteiger partial charge in [0.15, 0.2) is 0 Å². The van der Waals surface area contributed by atoms with Gasteiger partial charge in [-0.2, -0.15) is 5.10 Å². The number of aryl methyl sites for hydroxylation is 1. The van der Waals surface area contributed by atoms with Gasteiger partial charge in [-0.25, -0.2) is 13.2 Å². The number of fused-ring (bicyclic) bond motifs is 1. The molecule has 0 spiro atoms. The minimum Gasteiger partial charge on any atom is -0.346 e. The van der Waals surface area contributed by atoms with Crippen LogP contribution in [0.4, 0.5) is 13.2 Å². The van der Waals surface area contributed by atoms with Gasteiger partial charge in [0.05, 0.1) is 17.3 Å². The quantitative estimate of drug-likeness (QED) is 0.681. The van der Waals surface area contributed by atoms with Crippen molar-refractivity contribution in [1.29, 1.82) is 0 Å². The number of amides is 1.